The first-order chi connectivity index (χ1) is 14.2. The largest absolute Gasteiger partial charge is 0.494 e. The number of nitrogens with zero attached hydrogens (tertiary/aromatic N) is 4. The molecule has 29 heavy (non-hydrogen) atoms. The molecule has 0 spiro atoms. The van der Waals surface area contributed by atoms with Gasteiger partial charge in [0.05, 0.1) is 12.5 Å². The minimum absolute atomic E-state index is 0.0367. The summed E-state index contributed by atoms with van der Waals surface area (Å²) in [7, 11) is 0. The standard InChI is InChI=1S/C21H25N5O2S/c1-2-28-18-9-7-16(8-10-18)14-22-19(27)17-6-5-13-26(15-17)21-24-23-20(29-21)25-11-3-4-12-25/h3-4,7-12,17H,2,5-6,13-15H2,1H3,(H,22,27)/t17-/m1/s1. The average molecular weight is 412 g/mol. The highest BCUT2D eigenvalue weighted by molar-refractivity contribution is 7.17. The van der Waals surface area contributed by atoms with Crippen molar-refractivity contribution in [3.63, 3.8) is 0 Å². The van der Waals surface area contributed by atoms with Gasteiger partial charge in [0.25, 0.3) is 0 Å². The molecular weight excluding hydrogens is 386 g/mol. The topological polar surface area (TPSA) is 72.3 Å². The maximum Gasteiger partial charge on any atom is 0.225 e. The number of piperidine rings is 1. The summed E-state index contributed by atoms with van der Waals surface area (Å²) in [6.45, 7) is 4.72. The van der Waals surface area contributed by atoms with Crippen LogP contribution < -0.4 is 15.0 Å². The Labute approximate surface area is 174 Å². The van der Waals surface area contributed by atoms with E-state index in [1.54, 1.807) is 11.3 Å². The first-order valence-corrected chi connectivity index (χ1v) is 10.8. The molecule has 1 atom stereocenters. The minimum atomic E-state index is -0.0367. The van der Waals surface area contributed by atoms with E-state index in [-0.39, 0.29) is 11.8 Å². The van der Waals surface area contributed by atoms with Gasteiger partial charge in [0.15, 0.2) is 0 Å². The first-order valence-electron chi connectivity index (χ1n) is 9.94. The number of anilines is 1. The number of benzene rings is 1. The van der Waals surface area contributed by atoms with E-state index in [9.17, 15) is 4.79 Å². The SMILES string of the molecule is CCOc1ccc(CNC(=O)[C@@H]2CCCN(c3nnc(-n4cccc4)s3)C2)cc1. The van der Waals surface area contributed by atoms with Gasteiger partial charge < -0.3 is 15.0 Å². The summed E-state index contributed by atoms with van der Waals surface area (Å²) in [5, 5.41) is 13.4. The Kier molecular flexibility index (Phi) is 6.09. The summed E-state index contributed by atoms with van der Waals surface area (Å²) in [5.41, 5.74) is 1.06. The normalized spacial score (nSPS) is 16.6. The van der Waals surface area contributed by atoms with Gasteiger partial charge in [-0.1, -0.05) is 23.5 Å². The number of amides is 1. The van der Waals surface area contributed by atoms with Crippen molar-refractivity contribution < 1.29 is 9.53 Å². The third-order valence-electron chi connectivity index (χ3n) is 4.99. The number of ether oxygens (including phenoxy) is 1. The molecule has 0 radical (unpaired) electrons. The molecule has 4 rings (SSSR count). The van der Waals surface area contributed by atoms with E-state index in [2.05, 4.69) is 20.4 Å². The number of carbonyl (C=O) groups excluding carboxylic acids is 1. The second-order valence-electron chi connectivity index (χ2n) is 7.04. The highest BCUT2D eigenvalue weighted by atomic mass is 32.1. The Morgan fingerprint density at radius 3 is 2.72 bits per heavy atom. The van der Waals surface area contributed by atoms with Gasteiger partial charge in [0.2, 0.25) is 16.2 Å². The van der Waals surface area contributed by atoms with Crippen molar-refractivity contribution in [2.75, 3.05) is 24.6 Å². The van der Waals surface area contributed by atoms with E-state index >= 15 is 0 Å². The number of rotatable bonds is 7. The Hall–Kier alpha value is -2.87. The molecule has 8 heteroatoms. The van der Waals surface area contributed by atoms with Gasteiger partial charge in [0.1, 0.15) is 5.75 Å². The van der Waals surface area contributed by atoms with Crippen LogP contribution in [0.2, 0.25) is 0 Å². The van der Waals surface area contributed by atoms with Crippen LogP contribution in [-0.4, -0.2) is 40.4 Å². The van der Waals surface area contributed by atoms with Crippen molar-refractivity contribution >= 4 is 22.4 Å². The predicted octanol–water partition coefficient (Wildman–Crippen LogP) is 3.26. The first kappa shape index (κ1) is 19.4. The zero-order valence-corrected chi connectivity index (χ0v) is 17.3. The molecule has 152 valence electrons. The maximum atomic E-state index is 12.7. The molecule has 1 aliphatic heterocycles. The summed E-state index contributed by atoms with van der Waals surface area (Å²) in [5.74, 6) is 0.908. The Morgan fingerprint density at radius 1 is 1.21 bits per heavy atom. The Balaban J connectivity index is 1.32. The van der Waals surface area contributed by atoms with E-state index in [0.717, 1.165) is 41.0 Å². The fourth-order valence-electron chi connectivity index (χ4n) is 3.47. The molecule has 0 bridgehead atoms. The zero-order chi connectivity index (χ0) is 20.1. The Bertz CT molecular complexity index is 923. The molecule has 1 N–H and O–H groups in total. The highest BCUT2D eigenvalue weighted by Gasteiger charge is 2.27. The van der Waals surface area contributed by atoms with Crippen molar-refractivity contribution in [3.8, 4) is 10.9 Å². The number of hydrogen-bond acceptors (Lipinski definition) is 6. The molecule has 1 aliphatic rings. The quantitative estimate of drug-likeness (QED) is 0.646. The van der Waals surface area contributed by atoms with Crippen molar-refractivity contribution in [2.45, 2.75) is 26.3 Å². The number of nitrogens with one attached hydrogen (secondary N) is 1. The van der Waals surface area contributed by atoms with E-state index in [1.165, 1.54) is 0 Å². The summed E-state index contributed by atoms with van der Waals surface area (Å²) < 4.78 is 7.41. The molecule has 1 amide bonds. The van der Waals surface area contributed by atoms with Crippen LogP contribution in [0.25, 0.3) is 5.13 Å². The molecule has 7 nitrogen and oxygen atoms in total. The lowest BCUT2D eigenvalue weighted by Gasteiger charge is -2.31. The van der Waals surface area contributed by atoms with Crippen LogP contribution in [0.4, 0.5) is 5.13 Å². The highest BCUT2D eigenvalue weighted by Crippen LogP contribution is 2.28. The van der Waals surface area contributed by atoms with E-state index in [0.29, 0.717) is 19.7 Å². The molecular formula is C21H25N5O2S. The summed E-state index contributed by atoms with van der Waals surface area (Å²) in [4.78, 5) is 14.9. The molecule has 1 aromatic carbocycles. The lowest BCUT2D eigenvalue weighted by Crippen LogP contribution is -2.43. The van der Waals surface area contributed by atoms with E-state index < -0.39 is 0 Å². The van der Waals surface area contributed by atoms with E-state index in [4.69, 9.17) is 4.74 Å². The van der Waals surface area contributed by atoms with Crippen molar-refractivity contribution in [1.29, 1.82) is 0 Å². The number of carbonyl (C=O) groups is 1. The maximum absolute atomic E-state index is 12.7. The van der Waals surface area contributed by atoms with Gasteiger partial charge in [-0.25, -0.2) is 0 Å². The number of hydrogen-bond donors (Lipinski definition) is 1. The summed E-state index contributed by atoms with van der Waals surface area (Å²) in [6, 6.07) is 11.8. The van der Waals surface area contributed by atoms with Crippen molar-refractivity contribution in [3.05, 3.63) is 54.4 Å². The van der Waals surface area contributed by atoms with Crippen molar-refractivity contribution in [1.82, 2.24) is 20.1 Å². The third-order valence-corrected chi connectivity index (χ3v) is 5.99. The lowest BCUT2D eigenvalue weighted by atomic mass is 9.97. The van der Waals surface area contributed by atoms with Gasteiger partial charge in [-0.3, -0.25) is 9.36 Å². The lowest BCUT2D eigenvalue weighted by molar-refractivity contribution is -0.125. The second kappa shape index (κ2) is 9.09. The van der Waals surface area contributed by atoms with E-state index in [1.807, 2.05) is 60.3 Å². The molecule has 0 aliphatic carbocycles. The summed E-state index contributed by atoms with van der Waals surface area (Å²) >= 11 is 1.55. The predicted molar refractivity (Wildman–Crippen MR) is 114 cm³/mol. The van der Waals surface area contributed by atoms with Crippen molar-refractivity contribution in [2.24, 2.45) is 5.92 Å². The molecule has 1 saturated heterocycles. The van der Waals surface area contributed by atoms with Gasteiger partial charge >= 0.3 is 0 Å². The monoisotopic (exact) mass is 411 g/mol. The van der Waals surface area contributed by atoms with Gasteiger partial charge in [-0.2, -0.15) is 0 Å². The van der Waals surface area contributed by atoms with Crippen LogP contribution >= 0.6 is 11.3 Å². The van der Waals surface area contributed by atoms with Crippen LogP contribution in [0.5, 0.6) is 5.75 Å². The molecule has 3 heterocycles. The number of aromatic nitrogens is 3. The van der Waals surface area contributed by atoms with Crippen LogP contribution in [0.3, 0.4) is 0 Å². The third kappa shape index (κ3) is 4.76. The molecule has 0 saturated carbocycles. The molecule has 3 aromatic rings. The fourth-order valence-corrected chi connectivity index (χ4v) is 4.32. The summed E-state index contributed by atoms with van der Waals surface area (Å²) in [6.07, 6.45) is 5.78. The minimum Gasteiger partial charge on any atom is -0.494 e. The molecule has 0 unspecified atom stereocenters. The van der Waals surface area contributed by atoms with Crippen LogP contribution in [-0.2, 0) is 11.3 Å². The van der Waals surface area contributed by atoms with Gasteiger partial charge in [-0.15, -0.1) is 10.2 Å². The smallest absolute Gasteiger partial charge is 0.225 e. The van der Waals surface area contributed by atoms with Crippen LogP contribution in [0.1, 0.15) is 25.3 Å². The average Bonchev–Trinajstić information content (AvgIpc) is 3.45. The molecule has 2 aromatic heterocycles. The second-order valence-corrected chi connectivity index (χ2v) is 7.97. The Morgan fingerprint density at radius 2 is 1.97 bits per heavy atom. The van der Waals surface area contributed by atoms with Gasteiger partial charge in [0, 0.05) is 32.0 Å². The van der Waals surface area contributed by atoms with Gasteiger partial charge in [-0.05, 0) is 49.6 Å². The zero-order valence-electron chi connectivity index (χ0n) is 16.5. The van der Waals surface area contributed by atoms with Crippen LogP contribution in [0, 0.1) is 5.92 Å². The molecule has 1 fully saturated rings. The van der Waals surface area contributed by atoms with Crippen LogP contribution in [0.15, 0.2) is 48.8 Å². The fraction of sp³-hybridized carbons (Fsp3) is 0.381.